The molecule has 0 unspecified atom stereocenters. The molecule has 0 radical (unpaired) electrons. The van der Waals surface area contributed by atoms with Crippen molar-refractivity contribution in [3.8, 4) is 0 Å². The number of hydrogen-bond acceptors (Lipinski definition) is 2. The van der Waals surface area contributed by atoms with Gasteiger partial charge in [0.1, 0.15) is 0 Å². The molecule has 2 nitrogen and oxygen atoms in total. The molecule has 1 heterocycles. The number of piperidine rings is 1. The van der Waals surface area contributed by atoms with E-state index in [2.05, 4.69) is 63.1 Å². The van der Waals surface area contributed by atoms with Crippen molar-refractivity contribution >= 4 is 45.8 Å². The highest BCUT2D eigenvalue weighted by molar-refractivity contribution is 14.1. The molecule has 0 saturated carbocycles. The van der Waals surface area contributed by atoms with Crippen LogP contribution in [-0.2, 0) is 13.1 Å². The lowest BCUT2D eigenvalue weighted by Gasteiger charge is -2.32. The van der Waals surface area contributed by atoms with Crippen LogP contribution in [0.15, 0.2) is 42.5 Å². The van der Waals surface area contributed by atoms with Crippen LogP contribution < -0.4 is 5.32 Å². The number of halogens is 3. The van der Waals surface area contributed by atoms with Gasteiger partial charge < -0.3 is 5.32 Å². The molecule has 0 spiro atoms. The maximum Gasteiger partial charge on any atom is 0.0595 e. The van der Waals surface area contributed by atoms with Gasteiger partial charge in [0.2, 0.25) is 0 Å². The second-order valence-corrected chi connectivity index (χ2v) is 8.37. The van der Waals surface area contributed by atoms with Gasteiger partial charge in [-0.1, -0.05) is 41.4 Å². The molecule has 0 aromatic heterocycles. The lowest BCUT2D eigenvalue weighted by molar-refractivity contribution is 0.190. The van der Waals surface area contributed by atoms with E-state index in [1.54, 1.807) is 0 Å². The van der Waals surface area contributed by atoms with E-state index in [1.807, 2.05) is 12.1 Å². The van der Waals surface area contributed by atoms with Crippen molar-refractivity contribution in [2.24, 2.45) is 0 Å². The predicted octanol–water partition coefficient (Wildman–Crippen LogP) is 5.35. The normalized spacial score (nSPS) is 16.5. The van der Waals surface area contributed by atoms with Gasteiger partial charge in [0.15, 0.2) is 0 Å². The smallest absolute Gasteiger partial charge is 0.0595 e. The number of likely N-dealkylation sites (tertiary alicyclic amines) is 1. The van der Waals surface area contributed by atoms with Crippen molar-refractivity contribution in [2.75, 3.05) is 13.1 Å². The number of benzene rings is 2. The first-order valence-corrected chi connectivity index (χ1v) is 10.1. The summed E-state index contributed by atoms with van der Waals surface area (Å²) in [6.45, 7) is 4.13. The second-order valence-electron chi connectivity index (χ2n) is 6.31. The summed E-state index contributed by atoms with van der Waals surface area (Å²) in [5, 5.41) is 4.96. The van der Waals surface area contributed by atoms with Gasteiger partial charge in [0.05, 0.1) is 10.0 Å². The zero-order chi connectivity index (χ0) is 16.9. The summed E-state index contributed by atoms with van der Waals surface area (Å²) in [4.78, 5) is 2.49. The highest BCUT2D eigenvalue weighted by Crippen LogP contribution is 2.24. The molecule has 3 rings (SSSR count). The molecule has 0 amide bonds. The summed E-state index contributed by atoms with van der Waals surface area (Å²) in [5.41, 5.74) is 2.59. The average molecular weight is 475 g/mol. The van der Waals surface area contributed by atoms with E-state index < -0.39 is 0 Å². The Hall–Kier alpha value is -0.330. The molecule has 1 fully saturated rings. The minimum atomic E-state index is 0.606. The Balaban J connectivity index is 1.43. The zero-order valence-electron chi connectivity index (χ0n) is 13.4. The van der Waals surface area contributed by atoms with Gasteiger partial charge in [-0.15, -0.1) is 0 Å². The molecule has 128 valence electrons. The van der Waals surface area contributed by atoms with Crippen molar-refractivity contribution in [3.05, 3.63) is 67.2 Å². The van der Waals surface area contributed by atoms with E-state index in [9.17, 15) is 0 Å². The van der Waals surface area contributed by atoms with Gasteiger partial charge in [-0.2, -0.15) is 0 Å². The van der Waals surface area contributed by atoms with Gasteiger partial charge in [0.25, 0.3) is 0 Å². The average Bonchev–Trinajstić information content (AvgIpc) is 2.59. The molecule has 2 aromatic carbocycles. The maximum absolute atomic E-state index is 6.10. The monoisotopic (exact) mass is 474 g/mol. The van der Waals surface area contributed by atoms with Crippen LogP contribution in [0.25, 0.3) is 0 Å². The van der Waals surface area contributed by atoms with Crippen molar-refractivity contribution in [1.82, 2.24) is 10.2 Å². The molecule has 5 heteroatoms. The van der Waals surface area contributed by atoms with Crippen molar-refractivity contribution in [1.29, 1.82) is 0 Å². The Kier molecular flexibility index (Phi) is 6.81. The van der Waals surface area contributed by atoms with E-state index in [4.69, 9.17) is 23.2 Å². The van der Waals surface area contributed by atoms with E-state index >= 15 is 0 Å². The molecular formula is C19H21Cl2IN2. The van der Waals surface area contributed by atoms with Gasteiger partial charge in [-0.3, -0.25) is 4.90 Å². The van der Waals surface area contributed by atoms with Gasteiger partial charge >= 0.3 is 0 Å². The summed E-state index contributed by atoms with van der Waals surface area (Å²) in [7, 11) is 0. The largest absolute Gasteiger partial charge is 0.310 e. The first-order valence-electron chi connectivity index (χ1n) is 8.24. The summed E-state index contributed by atoms with van der Waals surface area (Å²) in [6.07, 6.45) is 2.37. The van der Waals surface area contributed by atoms with Crippen LogP contribution in [0.3, 0.4) is 0 Å². The van der Waals surface area contributed by atoms with Crippen LogP contribution in [0, 0.1) is 3.57 Å². The highest BCUT2D eigenvalue weighted by Gasteiger charge is 2.19. The first kappa shape index (κ1) is 18.5. The molecule has 0 bridgehead atoms. The molecule has 1 N–H and O–H groups in total. The molecule has 0 aliphatic carbocycles. The fraction of sp³-hybridized carbons (Fsp3) is 0.368. The summed E-state index contributed by atoms with van der Waals surface area (Å²) < 4.78 is 1.28. The maximum atomic E-state index is 6.10. The molecule has 0 atom stereocenters. The van der Waals surface area contributed by atoms with Crippen LogP contribution in [-0.4, -0.2) is 24.0 Å². The van der Waals surface area contributed by atoms with Crippen molar-refractivity contribution in [2.45, 2.75) is 32.0 Å². The van der Waals surface area contributed by atoms with Crippen LogP contribution in [0.5, 0.6) is 0 Å². The van der Waals surface area contributed by atoms with Crippen LogP contribution >= 0.6 is 45.8 Å². The third-order valence-electron chi connectivity index (χ3n) is 4.49. The van der Waals surface area contributed by atoms with E-state index in [0.29, 0.717) is 16.1 Å². The van der Waals surface area contributed by atoms with Gasteiger partial charge in [0, 0.05) is 22.7 Å². The SMILES string of the molecule is Clc1ccc(CN2CCC(NCc3ccc(I)cc3)CC2)cc1Cl. The predicted molar refractivity (Wildman–Crippen MR) is 111 cm³/mol. The van der Waals surface area contributed by atoms with E-state index in [1.165, 1.54) is 27.5 Å². The van der Waals surface area contributed by atoms with Crippen LogP contribution in [0.4, 0.5) is 0 Å². The highest BCUT2D eigenvalue weighted by atomic mass is 127. The Labute approximate surface area is 167 Å². The topological polar surface area (TPSA) is 15.3 Å². The number of rotatable bonds is 5. The van der Waals surface area contributed by atoms with E-state index in [-0.39, 0.29) is 0 Å². The Morgan fingerprint density at radius 1 is 0.958 bits per heavy atom. The number of hydrogen-bond donors (Lipinski definition) is 1. The minimum absolute atomic E-state index is 0.606. The third kappa shape index (κ3) is 5.33. The van der Waals surface area contributed by atoms with Gasteiger partial charge in [-0.05, 0) is 83.9 Å². The fourth-order valence-corrected chi connectivity index (χ4v) is 3.74. The van der Waals surface area contributed by atoms with Crippen LogP contribution in [0.1, 0.15) is 24.0 Å². The molecule has 1 aliphatic rings. The lowest BCUT2D eigenvalue weighted by atomic mass is 10.0. The molecule has 2 aromatic rings. The first-order chi connectivity index (χ1) is 11.6. The standard InChI is InChI=1S/C19H21Cl2IN2/c20-18-6-3-15(11-19(18)21)13-24-9-7-17(8-10-24)23-12-14-1-4-16(22)5-2-14/h1-6,11,17,23H,7-10,12-13H2. The summed E-state index contributed by atoms with van der Waals surface area (Å²) in [5.74, 6) is 0. The number of nitrogens with zero attached hydrogens (tertiary/aromatic N) is 1. The van der Waals surface area contributed by atoms with E-state index in [0.717, 1.165) is 26.2 Å². The third-order valence-corrected chi connectivity index (χ3v) is 5.94. The summed E-state index contributed by atoms with van der Waals surface area (Å²) >= 11 is 14.4. The molecule has 1 saturated heterocycles. The Morgan fingerprint density at radius 2 is 1.62 bits per heavy atom. The zero-order valence-corrected chi connectivity index (χ0v) is 17.1. The number of nitrogens with one attached hydrogen (secondary N) is 1. The molecule has 1 aliphatic heterocycles. The minimum Gasteiger partial charge on any atom is -0.310 e. The second kappa shape index (κ2) is 8.86. The fourth-order valence-electron chi connectivity index (χ4n) is 3.06. The van der Waals surface area contributed by atoms with Crippen molar-refractivity contribution in [3.63, 3.8) is 0 Å². The Morgan fingerprint density at radius 3 is 2.29 bits per heavy atom. The molecule has 24 heavy (non-hydrogen) atoms. The van der Waals surface area contributed by atoms with Crippen molar-refractivity contribution < 1.29 is 0 Å². The van der Waals surface area contributed by atoms with Gasteiger partial charge in [-0.25, -0.2) is 0 Å². The summed E-state index contributed by atoms with van der Waals surface area (Å²) in [6, 6.07) is 15.3. The lowest BCUT2D eigenvalue weighted by Crippen LogP contribution is -2.41. The quantitative estimate of drug-likeness (QED) is 0.587. The Bertz CT molecular complexity index is 668. The molecular weight excluding hydrogens is 454 g/mol. The van der Waals surface area contributed by atoms with Crippen LogP contribution in [0.2, 0.25) is 10.0 Å².